The molecule has 0 saturated carbocycles. The number of halogens is 5. The highest BCUT2D eigenvalue weighted by atomic mass is 19.2. The molecule has 0 aliphatic rings. The van der Waals surface area contributed by atoms with Gasteiger partial charge in [0, 0.05) is 12.6 Å². The second kappa shape index (κ2) is 7.81. The van der Waals surface area contributed by atoms with Crippen molar-refractivity contribution in [2.45, 2.75) is 0 Å². The molecular weight excluding hydrogens is 361 g/mol. The molecule has 2 rings (SSSR count). The Bertz CT molecular complexity index is 817. The van der Waals surface area contributed by atoms with Crippen molar-refractivity contribution in [2.24, 2.45) is 0 Å². The van der Waals surface area contributed by atoms with E-state index in [1.54, 1.807) is 29.1 Å². The highest BCUT2D eigenvalue weighted by Crippen LogP contribution is 2.26. The summed E-state index contributed by atoms with van der Waals surface area (Å²) >= 11 is 0. The molecule has 0 spiro atoms. The van der Waals surface area contributed by atoms with Crippen molar-refractivity contribution in [2.75, 3.05) is 19.0 Å². The lowest BCUT2D eigenvalue weighted by Gasteiger charge is -2.18. The van der Waals surface area contributed by atoms with Gasteiger partial charge in [0.05, 0.1) is 0 Å². The Kier molecular flexibility index (Phi) is 5.75. The monoisotopic (exact) mass is 373 g/mol. The summed E-state index contributed by atoms with van der Waals surface area (Å²) in [6.07, 6.45) is 0. The number of hydrogen-bond acceptors (Lipinski definition) is 3. The topological polar surface area (TPSA) is 61.4 Å². The van der Waals surface area contributed by atoms with Gasteiger partial charge in [0.1, 0.15) is 12.2 Å². The lowest BCUT2D eigenvalue weighted by atomic mass is 10.2. The molecule has 0 radical (unpaired) electrons. The van der Waals surface area contributed by atoms with Gasteiger partial charge in [-0.15, -0.1) is 0 Å². The molecule has 138 valence electrons. The maximum absolute atomic E-state index is 13.5. The Hall–Kier alpha value is -3.17. The summed E-state index contributed by atoms with van der Waals surface area (Å²) in [5.74, 6) is -12.3. The fourth-order valence-corrected chi connectivity index (χ4v) is 1.97. The molecule has 0 atom stereocenters. The number of benzene rings is 2. The first-order chi connectivity index (χ1) is 12.2. The third-order valence-corrected chi connectivity index (χ3v) is 3.28. The van der Waals surface area contributed by atoms with E-state index in [1.165, 1.54) is 19.2 Å². The Morgan fingerprint density at radius 3 is 1.92 bits per heavy atom. The zero-order valence-electron chi connectivity index (χ0n) is 13.2. The third kappa shape index (κ3) is 3.90. The average Bonchev–Trinajstić information content (AvgIpc) is 2.64. The largest absolute Gasteiger partial charge is 0.332 e. The van der Waals surface area contributed by atoms with Gasteiger partial charge in [-0.25, -0.2) is 22.0 Å². The average molecular weight is 373 g/mol. The molecule has 2 aromatic carbocycles. The van der Waals surface area contributed by atoms with E-state index in [9.17, 15) is 31.5 Å². The second-order valence-corrected chi connectivity index (χ2v) is 5.15. The van der Waals surface area contributed by atoms with Gasteiger partial charge in [-0.2, -0.15) is 0 Å². The van der Waals surface area contributed by atoms with E-state index in [0.29, 0.717) is 5.56 Å². The molecule has 0 aliphatic heterocycles. The van der Waals surface area contributed by atoms with Crippen LogP contribution in [0.5, 0.6) is 0 Å². The number of nitrogens with zero attached hydrogens (tertiary/aromatic N) is 1. The summed E-state index contributed by atoms with van der Waals surface area (Å²) in [5.41, 5.74) is 2.30. The Morgan fingerprint density at radius 2 is 1.38 bits per heavy atom. The fraction of sp³-hybridized carbons (Fsp3) is 0.125. The van der Waals surface area contributed by atoms with Gasteiger partial charge >= 0.3 is 0 Å². The van der Waals surface area contributed by atoms with E-state index in [0.717, 1.165) is 4.90 Å². The normalized spacial score (nSPS) is 10.4. The van der Waals surface area contributed by atoms with E-state index in [2.05, 4.69) is 0 Å². The van der Waals surface area contributed by atoms with Gasteiger partial charge in [0.2, 0.25) is 5.82 Å². The van der Waals surface area contributed by atoms with E-state index in [-0.39, 0.29) is 0 Å². The first-order valence-corrected chi connectivity index (χ1v) is 7.10. The van der Waals surface area contributed by atoms with Crippen molar-refractivity contribution in [3.63, 3.8) is 0 Å². The highest BCUT2D eigenvalue weighted by molar-refractivity contribution is 5.96. The van der Waals surface area contributed by atoms with Crippen LogP contribution in [0.15, 0.2) is 30.3 Å². The minimum atomic E-state index is -2.31. The maximum Gasteiger partial charge on any atom is 0.257 e. The minimum Gasteiger partial charge on any atom is -0.332 e. The lowest BCUT2D eigenvalue weighted by molar-refractivity contribution is -0.121. The second-order valence-electron chi connectivity index (χ2n) is 5.15. The summed E-state index contributed by atoms with van der Waals surface area (Å²) in [6, 6.07) is 7.96. The fourth-order valence-electron chi connectivity index (χ4n) is 1.97. The first kappa shape index (κ1) is 19.2. The lowest BCUT2D eigenvalue weighted by Crippen LogP contribution is -2.41. The van der Waals surface area contributed by atoms with Crippen molar-refractivity contribution >= 4 is 17.5 Å². The van der Waals surface area contributed by atoms with E-state index >= 15 is 0 Å². The number of hydrogen-bond donors (Lipinski definition) is 2. The predicted octanol–water partition coefficient (Wildman–Crippen LogP) is 2.60. The van der Waals surface area contributed by atoms with Crippen LogP contribution in [-0.4, -0.2) is 30.3 Å². The highest BCUT2D eigenvalue weighted by Gasteiger charge is 2.26. The molecule has 0 unspecified atom stereocenters. The SMILES string of the molecule is CN(CC(=O)NNc1c(F)c(F)c(F)c(F)c1F)C(=O)c1ccccc1. The number of carbonyl (C=O) groups is 2. The van der Waals surface area contributed by atoms with E-state index in [4.69, 9.17) is 0 Å². The van der Waals surface area contributed by atoms with Crippen LogP contribution in [0.2, 0.25) is 0 Å². The summed E-state index contributed by atoms with van der Waals surface area (Å²) in [5, 5.41) is 0. The van der Waals surface area contributed by atoms with Crippen molar-refractivity contribution < 1.29 is 31.5 Å². The van der Waals surface area contributed by atoms with Crippen LogP contribution in [0, 0.1) is 29.1 Å². The van der Waals surface area contributed by atoms with Gasteiger partial charge in [-0.3, -0.25) is 20.4 Å². The number of anilines is 1. The molecule has 2 N–H and O–H groups in total. The van der Waals surface area contributed by atoms with Gasteiger partial charge in [0.15, 0.2) is 23.3 Å². The molecule has 0 aliphatic carbocycles. The smallest absolute Gasteiger partial charge is 0.257 e. The van der Waals surface area contributed by atoms with Crippen LogP contribution in [0.1, 0.15) is 10.4 Å². The Morgan fingerprint density at radius 1 is 0.885 bits per heavy atom. The van der Waals surface area contributed by atoms with Crippen LogP contribution in [0.4, 0.5) is 27.6 Å². The number of rotatable bonds is 5. The maximum atomic E-state index is 13.5. The molecule has 0 fully saturated rings. The summed E-state index contributed by atoms with van der Waals surface area (Å²) < 4.78 is 66.0. The van der Waals surface area contributed by atoms with Crippen molar-refractivity contribution in [1.82, 2.24) is 10.3 Å². The van der Waals surface area contributed by atoms with Crippen LogP contribution in [-0.2, 0) is 4.79 Å². The first-order valence-electron chi connectivity index (χ1n) is 7.10. The number of hydrazine groups is 1. The van der Waals surface area contributed by atoms with E-state index in [1.807, 2.05) is 0 Å². The molecule has 0 saturated heterocycles. The molecule has 2 amide bonds. The number of nitrogens with one attached hydrogen (secondary N) is 2. The Labute approximate surface area is 144 Å². The summed E-state index contributed by atoms with van der Waals surface area (Å²) in [6.45, 7) is -0.532. The summed E-state index contributed by atoms with van der Waals surface area (Å²) in [7, 11) is 1.30. The molecule has 0 bridgehead atoms. The predicted molar refractivity (Wildman–Crippen MR) is 81.4 cm³/mol. The molecule has 0 heterocycles. The number of amides is 2. The van der Waals surface area contributed by atoms with Crippen LogP contribution in [0.25, 0.3) is 0 Å². The van der Waals surface area contributed by atoms with Crippen LogP contribution >= 0.6 is 0 Å². The van der Waals surface area contributed by atoms with Crippen LogP contribution in [0.3, 0.4) is 0 Å². The molecule has 10 heteroatoms. The summed E-state index contributed by atoms with van der Waals surface area (Å²) in [4.78, 5) is 24.8. The number of likely N-dealkylation sites (N-methyl/N-ethyl adjacent to an activating group) is 1. The van der Waals surface area contributed by atoms with Crippen molar-refractivity contribution in [3.8, 4) is 0 Å². The standard InChI is InChI=1S/C16H12F5N3O2/c1-24(16(26)8-5-3-2-4-6-8)7-9(25)22-23-15-13(20)11(18)10(17)12(19)14(15)21/h2-6,23H,7H2,1H3,(H,22,25). The molecule has 2 aromatic rings. The zero-order chi connectivity index (χ0) is 19.4. The quantitative estimate of drug-likeness (QED) is 0.367. The molecular formula is C16H12F5N3O2. The van der Waals surface area contributed by atoms with Crippen molar-refractivity contribution in [3.05, 3.63) is 65.0 Å². The van der Waals surface area contributed by atoms with Crippen LogP contribution < -0.4 is 10.9 Å². The van der Waals surface area contributed by atoms with Crippen molar-refractivity contribution in [1.29, 1.82) is 0 Å². The molecule has 0 aromatic heterocycles. The zero-order valence-corrected chi connectivity index (χ0v) is 13.2. The minimum absolute atomic E-state index is 0.301. The van der Waals surface area contributed by atoms with Gasteiger partial charge in [-0.1, -0.05) is 18.2 Å². The van der Waals surface area contributed by atoms with Gasteiger partial charge in [0.25, 0.3) is 11.8 Å². The molecule has 26 heavy (non-hydrogen) atoms. The Balaban J connectivity index is 2.03. The molecule has 5 nitrogen and oxygen atoms in total. The number of carbonyl (C=O) groups excluding carboxylic acids is 2. The van der Waals surface area contributed by atoms with Gasteiger partial charge in [-0.05, 0) is 12.1 Å². The van der Waals surface area contributed by atoms with E-state index < -0.39 is 53.1 Å². The van der Waals surface area contributed by atoms with Gasteiger partial charge < -0.3 is 4.90 Å². The third-order valence-electron chi connectivity index (χ3n) is 3.28.